The molecule has 1 amide bonds. The number of hydrogen-bond donors (Lipinski definition) is 2. The van der Waals surface area contributed by atoms with Gasteiger partial charge in [0.1, 0.15) is 5.75 Å². The molecule has 0 radical (unpaired) electrons. The van der Waals surface area contributed by atoms with Crippen molar-refractivity contribution in [1.29, 1.82) is 0 Å². The van der Waals surface area contributed by atoms with Crippen molar-refractivity contribution in [3.8, 4) is 5.75 Å². The average Bonchev–Trinajstić information content (AvgIpc) is 2.91. The molecule has 1 fully saturated rings. The molecular weight excluding hydrogens is 585 g/mol. The van der Waals surface area contributed by atoms with Gasteiger partial charge in [0.2, 0.25) is 15.9 Å². The molecule has 0 saturated carbocycles. The molecule has 0 aromatic heterocycles. The van der Waals surface area contributed by atoms with Gasteiger partial charge in [0.15, 0.2) is 0 Å². The molecule has 3 aromatic rings. The van der Waals surface area contributed by atoms with E-state index < -0.39 is 26.0 Å². The normalized spacial score (nSPS) is 16.4. The lowest BCUT2D eigenvalue weighted by molar-refractivity contribution is -0.120. The van der Waals surface area contributed by atoms with Crippen LogP contribution in [0.15, 0.2) is 71.6 Å². The zero-order valence-electron chi connectivity index (χ0n) is 20.9. The quantitative estimate of drug-likeness (QED) is 0.352. The van der Waals surface area contributed by atoms with Crippen LogP contribution in [0.5, 0.6) is 5.75 Å². The Labute approximate surface area is 238 Å². The summed E-state index contributed by atoms with van der Waals surface area (Å²) in [5.41, 5.74) is 1.21. The summed E-state index contributed by atoms with van der Waals surface area (Å²) in [6.07, 6.45) is 1.05. The number of amides is 1. The predicted octanol–water partition coefficient (Wildman–Crippen LogP) is 4.98. The number of anilines is 2. The number of hydrogen-bond acceptors (Lipinski definition) is 6. The summed E-state index contributed by atoms with van der Waals surface area (Å²) in [6.45, 7) is 0.350. The van der Waals surface area contributed by atoms with E-state index in [1.807, 2.05) is 0 Å². The van der Waals surface area contributed by atoms with Crippen molar-refractivity contribution in [2.24, 2.45) is 5.92 Å². The molecular formula is C26H27Cl2N3O6S2. The van der Waals surface area contributed by atoms with E-state index in [-0.39, 0.29) is 28.1 Å². The SMILES string of the molecule is COc1ccc(NS(=O)(=O)c2ccc(NC(=O)C3CCCN(S(=O)(=O)Cc4ccc(Cl)cc4Cl)C3)cc2)cc1. The van der Waals surface area contributed by atoms with Crippen LogP contribution in [0.25, 0.3) is 0 Å². The fraction of sp³-hybridized carbons (Fsp3) is 0.269. The van der Waals surface area contributed by atoms with Gasteiger partial charge in [-0.3, -0.25) is 9.52 Å². The lowest BCUT2D eigenvalue weighted by Gasteiger charge is -2.31. The van der Waals surface area contributed by atoms with Gasteiger partial charge in [-0.1, -0.05) is 29.3 Å². The first-order chi connectivity index (χ1) is 18.5. The molecule has 0 aliphatic carbocycles. The highest BCUT2D eigenvalue weighted by Crippen LogP contribution is 2.27. The topological polar surface area (TPSA) is 122 Å². The van der Waals surface area contributed by atoms with Crippen LogP contribution in [-0.4, -0.2) is 47.2 Å². The van der Waals surface area contributed by atoms with Crippen molar-refractivity contribution in [2.75, 3.05) is 30.2 Å². The van der Waals surface area contributed by atoms with Crippen LogP contribution in [-0.2, 0) is 30.6 Å². The maximum absolute atomic E-state index is 13.0. The minimum Gasteiger partial charge on any atom is -0.497 e. The summed E-state index contributed by atoms with van der Waals surface area (Å²) in [5.74, 6) is -0.596. The minimum absolute atomic E-state index is 0.0205. The van der Waals surface area contributed by atoms with E-state index in [1.165, 1.54) is 41.7 Å². The molecule has 1 aliphatic heterocycles. The molecule has 208 valence electrons. The summed E-state index contributed by atoms with van der Waals surface area (Å²) in [7, 11) is -6.05. The molecule has 0 spiro atoms. The van der Waals surface area contributed by atoms with Gasteiger partial charge >= 0.3 is 0 Å². The Morgan fingerprint density at radius 1 is 0.974 bits per heavy atom. The molecule has 4 rings (SSSR count). The van der Waals surface area contributed by atoms with E-state index in [1.54, 1.807) is 36.4 Å². The van der Waals surface area contributed by atoms with Gasteiger partial charge in [-0.15, -0.1) is 0 Å². The second kappa shape index (κ2) is 12.1. The summed E-state index contributed by atoms with van der Waals surface area (Å²) in [4.78, 5) is 13.0. The molecule has 1 heterocycles. The van der Waals surface area contributed by atoms with Crippen LogP contribution in [0.4, 0.5) is 11.4 Å². The molecule has 1 aliphatic rings. The second-order valence-electron chi connectivity index (χ2n) is 9.04. The number of sulfonamides is 2. The molecule has 2 N–H and O–H groups in total. The van der Waals surface area contributed by atoms with Crippen molar-refractivity contribution < 1.29 is 26.4 Å². The lowest BCUT2D eigenvalue weighted by Crippen LogP contribution is -2.44. The molecule has 1 atom stereocenters. The van der Waals surface area contributed by atoms with Crippen LogP contribution in [0.1, 0.15) is 18.4 Å². The third-order valence-electron chi connectivity index (χ3n) is 6.28. The van der Waals surface area contributed by atoms with Crippen molar-refractivity contribution in [2.45, 2.75) is 23.5 Å². The molecule has 39 heavy (non-hydrogen) atoms. The first-order valence-corrected chi connectivity index (χ1v) is 15.8. The molecule has 0 bridgehead atoms. The molecule has 13 heteroatoms. The van der Waals surface area contributed by atoms with Crippen LogP contribution >= 0.6 is 23.2 Å². The highest BCUT2D eigenvalue weighted by Gasteiger charge is 2.33. The predicted molar refractivity (Wildman–Crippen MR) is 152 cm³/mol. The van der Waals surface area contributed by atoms with Gasteiger partial charge in [-0.05, 0) is 79.1 Å². The zero-order chi connectivity index (χ0) is 28.2. The molecule has 1 saturated heterocycles. The Hall–Kier alpha value is -2.83. The molecule has 1 unspecified atom stereocenters. The summed E-state index contributed by atoms with van der Waals surface area (Å²) >= 11 is 12.1. The van der Waals surface area contributed by atoms with Gasteiger partial charge in [0.25, 0.3) is 10.0 Å². The van der Waals surface area contributed by atoms with E-state index in [0.29, 0.717) is 47.1 Å². The number of carbonyl (C=O) groups is 1. The number of piperidine rings is 1. The highest BCUT2D eigenvalue weighted by molar-refractivity contribution is 7.92. The molecule has 9 nitrogen and oxygen atoms in total. The Morgan fingerprint density at radius 2 is 1.64 bits per heavy atom. The fourth-order valence-electron chi connectivity index (χ4n) is 4.17. The third-order valence-corrected chi connectivity index (χ3v) is 10.1. The number of carbonyl (C=O) groups excluding carboxylic acids is 1. The van der Waals surface area contributed by atoms with Crippen molar-refractivity contribution >= 4 is 60.5 Å². The van der Waals surface area contributed by atoms with E-state index in [4.69, 9.17) is 27.9 Å². The van der Waals surface area contributed by atoms with Crippen molar-refractivity contribution in [3.63, 3.8) is 0 Å². The van der Waals surface area contributed by atoms with Crippen LogP contribution in [0.2, 0.25) is 10.0 Å². The number of methoxy groups -OCH3 is 1. The number of nitrogens with one attached hydrogen (secondary N) is 2. The number of ether oxygens (including phenoxy) is 1. The Kier molecular flexibility index (Phi) is 9.07. The fourth-order valence-corrected chi connectivity index (χ4v) is 7.43. The Morgan fingerprint density at radius 3 is 2.28 bits per heavy atom. The first kappa shape index (κ1) is 29.2. The van der Waals surface area contributed by atoms with E-state index in [2.05, 4.69) is 10.0 Å². The minimum atomic E-state index is -3.85. The van der Waals surface area contributed by atoms with Crippen molar-refractivity contribution in [1.82, 2.24) is 4.31 Å². The zero-order valence-corrected chi connectivity index (χ0v) is 24.1. The van der Waals surface area contributed by atoms with E-state index in [0.717, 1.165) is 0 Å². The Bertz CT molecular complexity index is 1550. The largest absolute Gasteiger partial charge is 0.497 e. The number of rotatable bonds is 9. The van der Waals surface area contributed by atoms with E-state index in [9.17, 15) is 21.6 Å². The van der Waals surface area contributed by atoms with Crippen molar-refractivity contribution in [3.05, 3.63) is 82.3 Å². The van der Waals surface area contributed by atoms with Gasteiger partial charge in [0, 0.05) is 34.5 Å². The first-order valence-electron chi connectivity index (χ1n) is 12.0. The molecule has 3 aromatic carbocycles. The Balaban J connectivity index is 1.37. The summed E-state index contributed by atoms with van der Waals surface area (Å²) < 4.78 is 60.4. The van der Waals surface area contributed by atoms with Gasteiger partial charge in [-0.2, -0.15) is 0 Å². The monoisotopic (exact) mass is 611 g/mol. The van der Waals surface area contributed by atoms with Crippen LogP contribution < -0.4 is 14.8 Å². The van der Waals surface area contributed by atoms with Gasteiger partial charge < -0.3 is 10.1 Å². The van der Waals surface area contributed by atoms with Gasteiger partial charge in [0.05, 0.1) is 23.7 Å². The van der Waals surface area contributed by atoms with Gasteiger partial charge in [-0.25, -0.2) is 21.1 Å². The summed E-state index contributed by atoms with van der Waals surface area (Å²) in [5, 5.41) is 3.44. The maximum Gasteiger partial charge on any atom is 0.261 e. The number of nitrogens with zero attached hydrogens (tertiary/aromatic N) is 1. The highest BCUT2D eigenvalue weighted by atomic mass is 35.5. The van der Waals surface area contributed by atoms with Crippen LogP contribution in [0, 0.1) is 5.92 Å². The van der Waals surface area contributed by atoms with E-state index >= 15 is 0 Å². The number of benzene rings is 3. The maximum atomic E-state index is 13.0. The standard InChI is InChI=1S/C26H27Cl2N3O6S2/c1-37-23-10-6-22(7-11-23)30-39(35,36)24-12-8-21(9-13-24)29-26(32)18-3-2-14-31(16-18)38(33,34)17-19-4-5-20(27)15-25(19)28/h4-13,15,18,30H,2-3,14,16-17H2,1H3,(H,29,32). The number of halogens is 2. The van der Waals surface area contributed by atoms with Crippen LogP contribution in [0.3, 0.4) is 0 Å². The average molecular weight is 613 g/mol. The second-order valence-corrected chi connectivity index (χ2v) is 13.5. The summed E-state index contributed by atoms with van der Waals surface area (Å²) in [6, 6.07) is 16.8. The third kappa shape index (κ3) is 7.43. The smallest absolute Gasteiger partial charge is 0.261 e. The lowest BCUT2D eigenvalue weighted by atomic mass is 9.99.